The van der Waals surface area contributed by atoms with Crippen LogP contribution < -0.4 is 5.32 Å². The van der Waals surface area contributed by atoms with Crippen LogP contribution in [0, 0.1) is 0 Å². The number of imide groups is 1. The summed E-state index contributed by atoms with van der Waals surface area (Å²) < 4.78 is 0. The summed E-state index contributed by atoms with van der Waals surface area (Å²) in [5, 5.41) is 12.9. The average molecular weight is 324 g/mol. The number of carbonyl (C=O) groups excluding carboxylic acids is 2. The van der Waals surface area contributed by atoms with Crippen LogP contribution in [0.3, 0.4) is 0 Å². The molecule has 7 nitrogen and oxygen atoms in total. The molecule has 2 saturated heterocycles. The van der Waals surface area contributed by atoms with Crippen LogP contribution in [0.4, 0.5) is 4.79 Å². The van der Waals surface area contributed by atoms with Gasteiger partial charge in [0.05, 0.1) is 12.6 Å². The Hall–Kier alpha value is -1.44. The number of nitrogens with one attached hydrogen (secondary N) is 1. The first kappa shape index (κ1) is 17.9. The Balaban J connectivity index is 1.78. The van der Waals surface area contributed by atoms with Crippen LogP contribution in [0.5, 0.6) is 0 Å². The molecule has 0 saturated carbocycles. The summed E-state index contributed by atoms with van der Waals surface area (Å²) in [6, 6.07) is -0.426. The predicted molar refractivity (Wildman–Crippen MR) is 88.0 cm³/mol. The molecule has 3 amide bonds. The Morgan fingerprint density at radius 2 is 1.78 bits per heavy atom. The Bertz CT molecular complexity index is 484. The van der Waals surface area contributed by atoms with E-state index in [0.717, 1.165) is 43.2 Å². The highest BCUT2D eigenvalue weighted by Crippen LogP contribution is 2.17. The van der Waals surface area contributed by atoms with E-state index >= 15 is 0 Å². The number of β-amino-alcohol motifs (C(OH)–C–C–N with tert-alkyl or cyclic N) is 1. The zero-order chi connectivity index (χ0) is 17.2. The maximum atomic E-state index is 12.1. The zero-order valence-electron chi connectivity index (χ0n) is 14.3. The van der Waals surface area contributed by atoms with E-state index in [2.05, 4.69) is 21.7 Å². The normalized spacial score (nSPS) is 23.9. The van der Waals surface area contributed by atoms with Gasteiger partial charge in [-0.25, -0.2) is 4.79 Å². The standard InChI is InChI=1S/C16H28N4O3/c1-12(2)9-18-5-7-19(8-6-18)10-13(21)11-20-14(22)16(3,4)17-15(20)23/h13,21H,1,5-11H2,2-4H3,(H,17,23)/t13-/m1/s1. The average Bonchev–Trinajstić information content (AvgIpc) is 2.62. The fraction of sp³-hybridized carbons (Fsp3) is 0.750. The number of aliphatic hydroxyl groups excluding tert-OH is 1. The van der Waals surface area contributed by atoms with Gasteiger partial charge in [-0.1, -0.05) is 12.2 Å². The van der Waals surface area contributed by atoms with Gasteiger partial charge in [-0.3, -0.25) is 19.5 Å². The third-order valence-electron chi connectivity index (χ3n) is 4.27. The second kappa shape index (κ2) is 6.98. The predicted octanol–water partition coefficient (Wildman–Crippen LogP) is -0.129. The van der Waals surface area contributed by atoms with Crippen molar-refractivity contribution in [2.45, 2.75) is 32.4 Å². The van der Waals surface area contributed by atoms with E-state index in [-0.39, 0.29) is 12.5 Å². The summed E-state index contributed by atoms with van der Waals surface area (Å²) in [5.41, 5.74) is 0.269. The molecule has 0 radical (unpaired) electrons. The van der Waals surface area contributed by atoms with Gasteiger partial charge < -0.3 is 10.4 Å². The highest BCUT2D eigenvalue weighted by molar-refractivity contribution is 6.06. The molecular weight excluding hydrogens is 296 g/mol. The lowest BCUT2D eigenvalue weighted by atomic mass is 10.1. The van der Waals surface area contributed by atoms with Crippen molar-refractivity contribution >= 4 is 11.9 Å². The number of hydrogen-bond acceptors (Lipinski definition) is 5. The second-order valence-electron chi connectivity index (χ2n) is 7.16. The number of nitrogens with zero attached hydrogens (tertiary/aromatic N) is 3. The lowest BCUT2D eigenvalue weighted by Gasteiger charge is -2.36. The summed E-state index contributed by atoms with van der Waals surface area (Å²) in [6.45, 7) is 14.3. The van der Waals surface area contributed by atoms with Crippen LogP contribution in [0.1, 0.15) is 20.8 Å². The van der Waals surface area contributed by atoms with Crippen molar-refractivity contribution in [3.05, 3.63) is 12.2 Å². The molecule has 0 aromatic heterocycles. The Morgan fingerprint density at radius 1 is 1.22 bits per heavy atom. The molecule has 2 heterocycles. The van der Waals surface area contributed by atoms with Crippen molar-refractivity contribution in [1.82, 2.24) is 20.0 Å². The molecule has 0 aromatic rings. The Kier molecular flexibility index (Phi) is 5.44. The summed E-state index contributed by atoms with van der Waals surface area (Å²) in [5.74, 6) is -0.284. The molecule has 0 aliphatic carbocycles. The number of rotatable bonds is 6. The van der Waals surface area contributed by atoms with Crippen LogP contribution in [-0.2, 0) is 4.79 Å². The molecule has 2 fully saturated rings. The molecule has 0 spiro atoms. The van der Waals surface area contributed by atoms with Gasteiger partial charge in [0.25, 0.3) is 5.91 Å². The smallest absolute Gasteiger partial charge is 0.325 e. The summed E-state index contributed by atoms with van der Waals surface area (Å²) in [4.78, 5) is 29.6. The van der Waals surface area contributed by atoms with E-state index in [9.17, 15) is 14.7 Å². The first-order chi connectivity index (χ1) is 10.7. The van der Waals surface area contributed by atoms with Crippen molar-refractivity contribution < 1.29 is 14.7 Å². The number of piperazine rings is 1. The minimum Gasteiger partial charge on any atom is -0.390 e. The highest BCUT2D eigenvalue weighted by Gasteiger charge is 2.44. The molecule has 1 atom stereocenters. The Morgan fingerprint density at radius 3 is 2.26 bits per heavy atom. The van der Waals surface area contributed by atoms with Crippen molar-refractivity contribution in [3.8, 4) is 0 Å². The van der Waals surface area contributed by atoms with Crippen molar-refractivity contribution in [2.24, 2.45) is 0 Å². The largest absolute Gasteiger partial charge is 0.390 e. The van der Waals surface area contributed by atoms with Gasteiger partial charge in [-0.05, 0) is 20.8 Å². The summed E-state index contributed by atoms with van der Waals surface area (Å²) in [7, 11) is 0. The van der Waals surface area contributed by atoms with E-state index in [1.807, 2.05) is 6.92 Å². The second-order valence-corrected chi connectivity index (χ2v) is 7.16. The molecule has 23 heavy (non-hydrogen) atoms. The number of aliphatic hydroxyl groups is 1. The summed E-state index contributed by atoms with van der Waals surface area (Å²) in [6.07, 6.45) is -0.730. The van der Waals surface area contributed by atoms with Crippen molar-refractivity contribution in [3.63, 3.8) is 0 Å². The SMILES string of the molecule is C=C(C)CN1CCN(C[C@@H](O)CN2C(=O)NC(C)(C)C2=O)CC1. The molecule has 7 heteroatoms. The lowest BCUT2D eigenvalue weighted by molar-refractivity contribution is -0.131. The fourth-order valence-electron chi connectivity index (χ4n) is 3.06. The van der Waals surface area contributed by atoms with Crippen LogP contribution in [0.25, 0.3) is 0 Å². The van der Waals surface area contributed by atoms with Gasteiger partial charge in [0.15, 0.2) is 0 Å². The molecule has 0 aromatic carbocycles. The van der Waals surface area contributed by atoms with Gasteiger partial charge in [-0.15, -0.1) is 0 Å². The van der Waals surface area contributed by atoms with E-state index in [1.165, 1.54) is 0 Å². The molecule has 2 aliphatic rings. The quantitative estimate of drug-likeness (QED) is 0.526. The number of carbonyl (C=O) groups is 2. The van der Waals surface area contributed by atoms with Crippen molar-refractivity contribution in [1.29, 1.82) is 0 Å². The molecular formula is C16H28N4O3. The Labute approximate surface area is 137 Å². The topological polar surface area (TPSA) is 76.1 Å². The number of amides is 3. The van der Waals surface area contributed by atoms with Crippen LogP contribution in [0.15, 0.2) is 12.2 Å². The van der Waals surface area contributed by atoms with Crippen LogP contribution in [0.2, 0.25) is 0 Å². The van der Waals surface area contributed by atoms with Gasteiger partial charge in [0, 0.05) is 39.3 Å². The minimum atomic E-state index is -0.884. The van der Waals surface area contributed by atoms with E-state index < -0.39 is 17.7 Å². The molecule has 0 bridgehead atoms. The lowest BCUT2D eigenvalue weighted by Crippen LogP contribution is -2.50. The van der Waals surface area contributed by atoms with Gasteiger partial charge in [0.2, 0.25) is 0 Å². The monoisotopic (exact) mass is 324 g/mol. The van der Waals surface area contributed by atoms with Gasteiger partial charge in [-0.2, -0.15) is 0 Å². The van der Waals surface area contributed by atoms with Crippen LogP contribution in [-0.4, -0.2) is 89.2 Å². The summed E-state index contributed by atoms with van der Waals surface area (Å²) >= 11 is 0. The van der Waals surface area contributed by atoms with E-state index in [4.69, 9.17) is 0 Å². The molecule has 0 unspecified atom stereocenters. The maximum Gasteiger partial charge on any atom is 0.325 e. The highest BCUT2D eigenvalue weighted by atomic mass is 16.3. The van der Waals surface area contributed by atoms with E-state index in [1.54, 1.807) is 13.8 Å². The molecule has 130 valence electrons. The number of urea groups is 1. The van der Waals surface area contributed by atoms with Crippen molar-refractivity contribution in [2.75, 3.05) is 45.8 Å². The van der Waals surface area contributed by atoms with Crippen LogP contribution >= 0.6 is 0 Å². The minimum absolute atomic E-state index is 0.0417. The van der Waals surface area contributed by atoms with Gasteiger partial charge in [0.1, 0.15) is 5.54 Å². The zero-order valence-corrected chi connectivity index (χ0v) is 14.3. The third kappa shape index (κ3) is 4.53. The van der Waals surface area contributed by atoms with E-state index in [0.29, 0.717) is 6.54 Å². The maximum absolute atomic E-state index is 12.1. The molecule has 2 aliphatic heterocycles. The van der Waals surface area contributed by atoms with Gasteiger partial charge >= 0.3 is 6.03 Å². The molecule has 2 rings (SSSR count). The first-order valence-corrected chi connectivity index (χ1v) is 8.10. The number of hydrogen-bond donors (Lipinski definition) is 2. The fourth-order valence-corrected chi connectivity index (χ4v) is 3.06. The third-order valence-corrected chi connectivity index (χ3v) is 4.27. The first-order valence-electron chi connectivity index (χ1n) is 8.10. The molecule has 2 N–H and O–H groups in total.